The molecule has 4 rings (SSSR count). The normalized spacial score (nSPS) is 26.5. The van der Waals surface area contributed by atoms with Gasteiger partial charge < -0.3 is 19.0 Å². The van der Waals surface area contributed by atoms with Gasteiger partial charge in [0.2, 0.25) is 11.8 Å². The summed E-state index contributed by atoms with van der Waals surface area (Å²) in [4.78, 5) is 18.1. The van der Waals surface area contributed by atoms with Gasteiger partial charge in [0.25, 0.3) is 5.91 Å². The molecule has 0 bridgehead atoms. The molecule has 0 aliphatic carbocycles. The summed E-state index contributed by atoms with van der Waals surface area (Å²) in [5.74, 6) is 1.71. The van der Waals surface area contributed by atoms with Crippen LogP contribution in [0.5, 0.6) is 0 Å². The van der Waals surface area contributed by atoms with Crippen LogP contribution in [0.25, 0.3) is 0 Å². The average Bonchev–Trinajstić information content (AvgIpc) is 3.18. The Morgan fingerprint density at radius 2 is 2.12 bits per heavy atom. The second-order valence-corrected chi connectivity index (χ2v) is 7.16. The topological polar surface area (TPSA) is 84.2 Å². The SMILES string of the molecule is Cc1cc(C(=O)N2CC[C@@H]3OCC[C@H](c4nnc(C)o4)[C@@H]3C2)c(C)[nH]1. The molecule has 0 spiro atoms. The van der Waals surface area contributed by atoms with Crippen molar-refractivity contribution in [2.75, 3.05) is 19.7 Å². The highest BCUT2D eigenvalue weighted by molar-refractivity contribution is 5.95. The van der Waals surface area contributed by atoms with Gasteiger partial charge in [-0.05, 0) is 32.8 Å². The summed E-state index contributed by atoms with van der Waals surface area (Å²) in [5.41, 5.74) is 2.70. The summed E-state index contributed by atoms with van der Waals surface area (Å²) >= 11 is 0. The number of rotatable bonds is 2. The van der Waals surface area contributed by atoms with Gasteiger partial charge in [0.1, 0.15) is 0 Å². The predicted octanol–water partition coefficient (Wildman–Crippen LogP) is 2.36. The Morgan fingerprint density at radius 3 is 2.80 bits per heavy atom. The third-order valence-electron chi connectivity index (χ3n) is 5.40. The van der Waals surface area contributed by atoms with Crippen LogP contribution in [0.3, 0.4) is 0 Å². The lowest BCUT2D eigenvalue weighted by Crippen LogP contribution is -2.51. The Morgan fingerprint density at radius 1 is 1.28 bits per heavy atom. The lowest BCUT2D eigenvalue weighted by Gasteiger charge is -2.44. The summed E-state index contributed by atoms with van der Waals surface area (Å²) in [7, 11) is 0. The maximum Gasteiger partial charge on any atom is 0.255 e. The molecule has 2 aliphatic rings. The molecule has 0 aromatic carbocycles. The molecule has 0 unspecified atom stereocenters. The van der Waals surface area contributed by atoms with Gasteiger partial charge in [0.15, 0.2) is 0 Å². The number of carbonyl (C=O) groups excluding carboxylic acids is 1. The van der Waals surface area contributed by atoms with Gasteiger partial charge in [-0.2, -0.15) is 0 Å². The number of piperidine rings is 1. The van der Waals surface area contributed by atoms with Crippen LogP contribution < -0.4 is 0 Å². The second-order valence-electron chi connectivity index (χ2n) is 7.16. The standard InChI is InChI=1S/C18H24N4O3/c1-10-8-14(11(2)19-10)18(23)22-6-4-16-15(9-22)13(5-7-24-16)17-21-20-12(3)25-17/h8,13,15-16,19H,4-7,9H2,1-3H3/t13-,15-,16-/m0/s1. The number of amides is 1. The average molecular weight is 344 g/mol. The lowest BCUT2D eigenvalue weighted by atomic mass is 9.79. The van der Waals surface area contributed by atoms with Crippen LogP contribution in [0, 0.1) is 26.7 Å². The van der Waals surface area contributed by atoms with E-state index in [4.69, 9.17) is 9.15 Å². The van der Waals surface area contributed by atoms with Crippen LogP contribution in [0.15, 0.2) is 10.5 Å². The van der Waals surface area contributed by atoms with Crippen molar-refractivity contribution in [2.24, 2.45) is 5.92 Å². The molecule has 2 saturated heterocycles. The smallest absolute Gasteiger partial charge is 0.255 e. The molecule has 4 heterocycles. The number of likely N-dealkylation sites (tertiary alicyclic amines) is 1. The predicted molar refractivity (Wildman–Crippen MR) is 90.4 cm³/mol. The summed E-state index contributed by atoms with van der Waals surface area (Å²) in [5, 5.41) is 8.20. The van der Waals surface area contributed by atoms with Crippen molar-refractivity contribution in [1.82, 2.24) is 20.1 Å². The molecule has 3 atom stereocenters. The number of ether oxygens (including phenoxy) is 1. The van der Waals surface area contributed by atoms with E-state index in [1.807, 2.05) is 24.8 Å². The molecule has 2 aromatic heterocycles. The molecule has 0 saturated carbocycles. The Hall–Kier alpha value is -2.15. The minimum absolute atomic E-state index is 0.0892. The van der Waals surface area contributed by atoms with E-state index in [9.17, 15) is 4.79 Å². The molecular formula is C18H24N4O3. The zero-order valence-electron chi connectivity index (χ0n) is 14.9. The molecule has 2 aromatic rings. The van der Waals surface area contributed by atoms with E-state index in [-0.39, 0.29) is 23.8 Å². The third kappa shape index (κ3) is 2.97. The van der Waals surface area contributed by atoms with Crippen molar-refractivity contribution in [3.63, 3.8) is 0 Å². The van der Waals surface area contributed by atoms with Crippen LogP contribution in [0.2, 0.25) is 0 Å². The molecule has 134 valence electrons. The van der Waals surface area contributed by atoms with Gasteiger partial charge in [-0.1, -0.05) is 0 Å². The zero-order chi connectivity index (χ0) is 17.6. The van der Waals surface area contributed by atoms with E-state index in [0.29, 0.717) is 24.9 Å². The van der Waals surface area contributed by atoms with E-state index in [2.05, 4.69) is 15.2 Å². The number of fused-ring (bicyclic) bond motifs is 1. The van der Waals surface area contributed by atoms with Gasteiger partial charge >= 0.3 is 0 Å². The lowest BCUT2D eigenvalue weighted by molar-refractivity contribution is -0.0751. The van der Waals surface area contributed by atoms with E-state index in [1.165, 1.54) is 0 Å². The first kappa shape index (κ1) is 16.3. The maximum atomic E-state index is 13.0. The zero-order valence-corrected chi connectivity index (χ0v) is 14.9. The highest BCUT2D eigenvalue weighted by atomic mass is 16.5. The fourth-order valence-electron chi connectivity index (χ4n) is 4.18. The van der Waals surface area contributed by atoms with Gasteiger partial charge in [0.05, 0.1) is 11.7 Å². The fraction of sp³-hybridized carbons (Fsp3) is 0.611. The number of nitrogens with zero attached hydrogens (tertiary/aromatic N) is 3. The van der Waals surface area contributed by atoms with Gasteiger partial charge in [-0.25, -0.2) is 0 Å². The minimum atomic E-state index is 0.0892. The first-order valence-corrected chi connectivity index (χ1v) is 8.90. The molecule has 25 heavy (non-hydrogen) atoms. The number of hydrogen-bond donors (Lipinski definition) is 1. The van der Waals surface area contributed by atoms with E-state index >= 15 is 0 Å². The van der Waals surface area contributed by atoms with E-state index in [1.54, 1.807) is 6.92 Å². The van der Waals surface area contributed by atoms with Gasteiger partial charge in [0, 0.05) is 49.8 Å². The number of aromatic amines is 1. The number of nitrogens with one attached hydrogen (secondary N) is 1. The van der Waals surface area contributed by atoms with Gasteiger partial charge in [-0.15, -0.1) is 10.2 Å². The van der Waals surface area contributed by atoms with E-state index in [0.717, 1.165) is 36.3 Å². The quantitative estimate of drug-likeness (QED) is 0.904. The molecule has 2 fully saturated rings. The van der Waals surface area contributed by atoms with Crippen molar-refractivity contribution >= 4 is 5.91 Å². The molecule has 7 heteroatoms. The maximum absolute atomic E-state index is 13.0. The molecule has 1 amide bonds. The van der Waals surface area contributed by atoms with Crippen LogP contribution in [0.4, 0.5) is 0 Å². The Kier molecular flexibility index (Phi) is 4.11. The van der Waals surface area contributed by atoms with Crippen molar-refractivity contribution in [3.8, 4) is 0 Å². The first-order chi connectivity index (χ1) is 12.0. The fourth-order valence-corrected chi connectivity index (χ4v) is 4.18. The molecular weight excluding hydrogens is 320 g/mol. The number of aryl methyl sites for hydroxylation is 3. The molecule has 2 aliphatic heterocycles. The van der Waals surface area contributed by atoms with Gasteiger partial charge in [-0.3, -0.25) is 4.79 Å². The van der Waals surface area contributed by atoms with Crippen LogP contribution in [0.1, 0.15) is 52.3 Å². The Balaban J connectivity index is 1.56. The molecule has 1 N–H and O–H groups in total. The Bertz CT molecular complexity index is 781. The molecule has 7 nitrogen and oxygen atoms in total. The van der Waals surface area contributed by atoms with Crippen molar-refractivity contribution < 1.29 is 13.9 Å². The number of hydrogen-bond acceptors (Lipinski definition) is 5. The minimum Gasteiger partial charge on any atom is -0.425 e. The summed E-state index contributed by atoms with van der Waals surface area (Å²) in [6, 6.07) is 1.93. The van der Waals surface area contributed by atoms with Crippen LogP contribution in [-0.2, 0) is 4.74 Å². The van der Waals surface area contributed by atoms with Crippen LogP contribution in [-0.4, -0.2) is 51.8 Å². The summed E-state index contributed by atoms with van der Waals surface area (Å²) < 4.78 is 11.7. The first-order valence-electron chi connectivity index (χ1n) is 8.90. The number of aromatic nitrogens is 3. The summed E-state index contributed by atoms with van der Waals surface area (Å²) in [6.07, 6.45) is 1.86. The monoisotopic (exact) mass is 344 g/mol. The van der Waals surface area contributed by atoms with E-state index < -0.39 is 0 Å². The third-order valence-corrected chi connectivity index (χ3v) is 5.40. The highest BCUT2D eigenvalue weighted by Crippen LogP contribution is 2.39. The molecule has 0 radical (unpaired) electrons. The highest BCUT2D eigenvalue weighted by Gasteiger charge is 2.42. The summed E-state index contributed by atoms with van der Waals surface area (Å²) in [6.45, 7) is 7.82. The largest absolute Gasteiger partial charge is 0.425 e. The van der Waals surface area contributed by atoms with Crippen LogP contribution >= 0.6 is 0 Å². The van der Waals surface area contributed by atoms with Crippen molar-refractivity contribution in [3.05, 3.63) is 34.8 Å². The Labute approximate surface area is 146 Å². The van der Waals surface area contributed by atoms with Crippen molar-refractivity contribution in [1.29, 1.82) is 0 Å². The number of H-pyrrole nitrogens is 1. The number of carbonyl (C=O) groups is 1. The second kappa shape index (κ2) is 6.29. The van der Waals surface area contributed by atoms with Crippen molar-refractivity contribution in [2.45, 2.75) is 45.6 Å².